The zero-order valence-electron chi connectivity index (χ0n) is 9.52. The SMILES string of the molecule is CN(CCOCC(F)(F)F)C1CCCNC1. The van der Waals surface area contributed by atoms with Gasteiger partial charge in [-0.2, -0.15) is 13.2 Å². The van der Waals surface area contributed by atoms with Gasteiger partial charge in [0.15, 0.2) is 0 Å². The predicted octanol–water partition coefficient (Wildman–Crippen LogP) is 1.25. The summed E-state index contributed by atoms with van der Waals surface area (Å²) < 4.78 is 39.9. The highest BCUT2D eigenvalue weighted by molar-refractivity contribution is 4.76. The van der Waals surface area contributed by atoms with Crippen molar-refractivity contribution in [3.05, 3.63) is 0 Å². The van der Waals surface area contributed by atoms with Crippen LogP contribution in [-0.4, -0.2) is 57.0 Å². The molecule has 0 aliphatic carbocycles. The Morgan fingerprint density at radius 3 is 2.75 bits per heavy atom. The van der Waals surface area contributed by atoms with Gasteiger partial charge in [0.1, 0.15) is 6.61 Å². The van der Waals surface area contributed by atoms with E-state index in [1.807, 2.05) is 7.05 Å². The van der Waals surface area contributed by atoms with E-state index >= 15 is 0 Å². The summed E-state index contributed by atoms with van der Waals surface area (Å²) in [5.74, 6) is 0. The molecule has 1 unspecified atom stereocenters. The van der Waals surface area contributed by atoms with Crippen molar-refractivity contribution in [3.63, 3.8) is 0 Å². The summed E-state index contributed by atoms with van der Waals surface area (Å²) in [5, 5.41) is 3.27. The second kappa shape index (κ2) is 6.42. The number of nitrogens with zero attached hydrogens (tertiary/aromatic N) is 1. The van der Waals surface area contributed by atoms with Crippen molar-refractivity contribution in [2.45, 2.75) is 25.1 Å². The molecule has 1 saturated heterocycles. The number of hydrogen-bond acceptors (Lipinski definition) is 3. The maximum Gasteiger partial charge on any atom is 0.411 e. The molecule has 1 atom stereocenters. The van der Waals surface area contributed by atoms with Gasteiger partial charge in [0.25, 0.3) is 0 Å². The van der Waals surface area contributed by atoms with Crippen molar-refractivity contribution in [2.75, 3.05) is 39.9 Å². The van der Waals surface area contributed by atoms with E-state index in [-0.39, 0.29) is 6.61 Å². The van der Waals surface area contributed by atoms with Crippen molar-refractivity contribution >= 4 is 0 Å². The van der Waals surface area contributed by atoms with Crippen LogP contribution in [0, 0.1) is 0 Å². The maximum atomic E-state index is 11.8. The number of piperidine rings is 1. The highest BCUT2D eigenvalue weighted by Gasteiger charge is 2.27. The van der Waals surface area contributed by atoms with Gasteiger partial charge < -0.3 is 10.1 Å². The van der Waals surface area contributed by atoms with E-state index in [0.717, 1.165) is 25.9 Å². The minimum absolute atomic E-state index is 0.131. The first-order valence-electron chi connectivity index (χ1n) is 5.54. The van der Waals surface area contributed by atoms with Crippen LogP contribution in [0.1, 0.15) is 12.8 Å². The Bertz CT molecular complexity index is 193. The van der Waals surface area contributed by atoms with E-state index < -0.39 is 12.8 Å². The lowest BCUT2D eigenvalue weighted by atomic mass is 10.1. The molecule has 0 bridgehead atoms. The number of rotatable bonds is 5. The molecule has 0 aromatic carbocycles. The minimum atomic E-state index is -4.22. The topological polar surface area (TPSA) is 24.5 Å². The molecule has 6 heteroatoms. The molecule has 1 aliphatic heterocycles. The zero-order chi connectivity index (χ0) is 12.0. The van der Waals surface area contributed by atoms with Crippen molar-refractivity contribution in [1.82, 2.24) is 10.2 Å². The number of likely N-dealkylation sites (N-methyl/N-ethyl adjacent to an activating group) is 1. The summed E-state index contributed by atoms with van der Waals surface area (Å²) in [6, 6.07) is 0.420. The Labute approximate surface area is 93.9 Å². The second-order valence-corrected chi connectivity index (χ2v) is 4.15. The third-order valence-corrected chi connectivity index (χ3v) is 2.75. The zero-order valence-corrected chi connectivity index (χ0v) is 9.52. The summed E-state index contributed by atoms with van der Waals surface area (Å²) in [4.78, 5) is 2.06. The fourth-order valence-electron chi connectivity index (χ4n) is 1.79. The third kappa shape index (κ3) is 5.67. The van der Waals surface area contributed by atoms with Crippen LogP contribution in [0.5, 0.6) is 0 Å². The Hall–Kier alpha value is -0.330. The Morgan fingerprint density at radius 2 is 2.19 bits per heavy atom. The monoisotopic (exact) mass is 240 g/mol. The van der Waals surface area contributed by atoms with Crippen LogP contribution in [0.4, 0.5) is 13.2 Å². The lowest BCUT2D eigenvalue weighted by Crippen LogP contribution is -2.45. The maximum absolute atomic E-state index is 11.8. The molecule has 1 rings (SSSR count). The fourth-order valence-corrected chi connectivity index (χ4v) is 1.79. The molecule has 96 valence electrons. The minimum Gasteiger partial charge on any atom is -0.371 e. The highest BCUT2D eigenvalue weighted by atomic mass is 19.4. The molecule has 0 amide bonds. The van der Waals surface area contributed by atoms with E-state index in [2.05, 4.69) is 15.0 Å². The molecule has 3 nitrogen and oxygen atoms in total. The van der Waals surface area contributed by atoms with Gasteiger partial charge in [-0.05, 0) is 26.4 Å². The van der Waals surface area contributed by atoms with Gasteiger partial charge in [-0.25, -0.2) is 0 Å². The van der Waals surface area contributed by atoms with Crippen LogP contribution in [-0.2, 0) is 4.74 Å². The molecule has 0 saturated carbocycles. The first kappa shape index (κ1) is 13.7. The highest BCUT2D eigenvalue weighted by Crippen LogP contribution is 2.14. The van der Waals surface area contributed by atoms with Gasteiger partial charge in [-0.15, -0.1) is 0 Å². The average molecular weight is 240 g/mol. The normalized spacial score (nSPS) is 22.7. The van der Waals surface area contributed by atoms with Crippen molar-refractivity contribution < 1.29 is 17.9 Å². The van der Waals surface area contributed by atoms with Gasteiger partial charge in [0.2, 0.25) is 0 Å². The van der Waals surface area contributed by atoms with Gasteiger partial charge in [-0.3, -0.25) is 4.90 Å². The van der Waals surface area contributed by atoms with E-state index in [0.29, 0.717) is 12.6 Å². The largest absolute Gasteiger partial charge is 0.411 e. The van der Waals surface area contributed by atoms with Crippen LogP contribution in [0.25, 0.3) is 0 Å². The Kier molecular flexibility index (Phi) is 5.51. The molecule has 1 N–H and O–H groups in total. The van der Waals surface area contributed by atoms with E-state index in [1.165, 1.54) is 0 Å². The van der Waals surface area contributed by atoms with Gasteiger partial charge >= 0.3 is 6.18 Å². The van der Waals surface area contributed by atoms with Crippen molar-refractivity contribution in [2.24, 2.45) is 0 Å². The van der Waals surface area contributed by atoms with Gasteiger partial charge in [0.05, 0.1) is 6.61 Å². The number of halogens is 3. The smallest absolute Gasteiger partial charge is 0.371 e. The summed E-state index contributed by atoms with van der Waals surface area (Å²) in [6.07, 6.45) is -1.99. The number of ether oxygens (including phenoxy) is 1. The lowest BCUT2D eigenvalue weighted by Gasteiger charge is -2.31. The molecule has 0 aromatic heterocycles. The van der Waals surface area contributed by atoms with Crippen LogP contribution in [0.2, 0.25) is 0 Å². The number of hydrogen-bond donors (Lipinski definition) is 1. The molecule has 16 heavy (non-hydrogen) atoms. The summed E-state index contributed by atoms with van der Waals surface area (Å²) in [7, 11) is 1.93. The van der Waals surface area contributed by atoms with Gasteiger partial charge in [0, 0.05) is 19.1 Å². The second-order valence-electron chi connectivity index (χ2n) is 4.15. The fraction of sp³-hybridized carbons (Fsp3) is 1.00. The van der Waals surface area contributed by atoms with E-state index in [4.69, 9.17) is 0 Å². The van der Waals surface area contributed by atoms with Crippen molar-refractivity contribution in [1.29, 1.82) is 0 Å². The first-order chi connectivity index (χ1) is 7.49. The molecule has 1 heterocycles. The Morgan fingerprint density at radius 1 is 1.44 bits per heavy atom. The van der Waals surface area contributed by atoms with Crippen LogP contribution < -0.4 is 5.32 Å². The third-order valence-electron chi connectivity index (χ3n) is 2.75. The molecule has 0 spiro atoms. The molecule has 0 radical (unpaired) electrons. The summed E-state index contributed by atoms with van der Waals surface area (Å²) in [6.45, 7) is 1.48. The predicted molar refractivity (Wildman–Crippen MR) is 55.4 cm³/mol. The van der Waals surface area contributed by atoms with Crippen LogP contribution in [0.3, 0.4) is 0 Å². The van der Waals surface area contributed by atoms with E-state index in [9.17, 15) is 13.2 Å². The molecular weight excluding hydrogens is 221 g/mol. The first-order valence-corrected chi connectivity index (χ1v) is 5.54. The molecule has 1 aliphatic rings. The Balaban J connectivity index is 2.07. The van der Waals surface area contributed by atoms with Crippen LogP contribution >= 0.6 is 0 Å². The number of alkyl halides is 3. The average Bonchev–Trinajstić information content (AvgIpc) is 2.24. The van der Waals surface area contributed by atoms with Crippen molar-refractivity contribution in [3.8, 4) is 0 Å². The standard InChI is InChI=1S/C10H19F3N2O/c1-15(9-3-2-4-14-7-9)5-6-16-8-10(11,12)13/h9,14H,2-8H2,1H3. The van der Waals surface area contributed by atoms with Gasteiger partial charge in [-0.1, -0.05) is 0 Å². The summed E-state index contributed by atoms with van der Waals surface area (Å²) in [5.41, 5.74) is 0. The quantitative estimate of drug-likeness (QED) is 0.732. The molecular formula is C10H19F3N2O. The van der Waals surface area contributed by atoms with E-state index in [1.54, 1.807) is 0 Å². The molecule has 1 fully saturated rings. The number of nitrogens with one attached hydrogen (secondary N) is 1. The lowest BCUT2D eigenvalue weighted by molar-refractivity contribution is -0.174. The molecule has 0 aromatic rings. The van der Waals surface area contributed by atoms with Crippen LogP contribution in [0.15, 0.2) is 0 Å². The summed E-state index contributed by atoms with van der Waals surface area (Å²) >= 11 is 0.